The number of pyridine rings is 1. The molecule has 1 aliphatic carbocycles. The van der Waals surface area contributed by atoms with E-state index in [1.807, 2.05) is 6.07 Å². The highest BCUT2D eigenvalue weighted by molar-refractivity contribution is 6.33. The normalized spacial score (nSPS) is 22.0. The van der Waals surface area contributed by atoms with Crippen molar-refractivity contribution in [1.82, 2.24) is 4.98 Å². The molecule has 0 spiro atoms. The summed E-state index contributed by atoms with van der Waals surface area (Å²) in [7, 11) is 1.66. The second kappa shape index (κ2) is 8.00. The molecule has 0 aromatic carbocycles. The first-order valence-corrected chi connectivity index (χ1v) is 8.36. The van der Waals surface area contributed by atoms with Crippen LogP contribution in [0.1, 0.15) is 51.6 Å². The van der Waals surface area contributed by atoms with Gasteiger partial charge < -0.3 is 10.1 Å². The molecule has 0 bridgehead atoms. The number of anilines is 1. The largest absolute Gasteiger partial charge is 0.381 e. The molecular formula is C17H27ClN2O. The summed E-state index contributed by atoms with van der Waals surface area (Å²) in [4.78, 5) is 4.27. The summed E-state index contributed by atoms with van der Waals surface area (Å²) in [5.41, 5.74) is 1.80. The molecule has 1 aromatic heterocycles. The molecule has 2 unspecified atom stereocenters. The fourth-order valence-corrected chi connectivity index (χ4v) is 3.31. The van der Waals surface area contributed by atoms with E-state index in [0.29, 0.717) is 17.7 Å². The number of ether oxygens (including phenoxy) is 1. The molecule has 1 saturated carbocycles. The lowest BCUT2D eigenvalue weighted by Gasteiger charge is -2.17. The number of nitrogens with zero attached hydrogens (tertiary/aromatic N) is 1. The van der Waals surface area contributed by atoms with E-state index in [2.05, 4.69) is 24.1 Å². The van der Waals surface area contributed by atoms with Gasteiger partial charge in [0.2, 0.25) is 0 Å². The van der Waals surface area contributed by atoms with E-state index in [-0.39, 0.29) is 0 Å². The molecule has 3 nitrogen and oxygen atoms in total. The molecule has 1 fully saturated rings. The van der Waals surface area contributed by atoms with E-state index < -0.39 is 0 Å². The van der Waals surface area contributed by atoms with Crippen molar-refractivity contribution in [3.63, 3.8) is 0 Å². The molecule has 4 heteroatoms. The Kier molecular flexibility index (Phi) is 6.31. The highest BCUT2D eigenvalue weighted by Crippen LogP contribution is 2.34. The molecule has 21 heavy (non-hydrogen) atoms. The molecule has 1 N–H and O–H groups in total. The maximum absolute atomic E-state index is 6.40. The van der Waals surface area contributed by atoms with Crippen LogP contribution in [0.3, 0.4) is 0 Å². The van der Waals surface area contributed by atoms with Crippen LogP contribution in [-0.2, 0) is 11.3 Å². The van der Waals surface area contributed by atoms with Crippen molar-refractivity contribution in [2.75, 3.05) is 12.4 Å². The van der Waals surface area contributed by atoms with E-state index in [1.54, 1.807) is 13.3 Å². The summed E-state index contributed by atoms with van der Waals surface area (Å²) in [6.45, 7) is 5.06. The molecule has 1 aliphatic rings. The van der Waals surface area contributed by atoms with Crippen LogP contribution in [0, 0.1) is 11.8 Å². The molecule has 0 amide bonds. The Morgan fingerprint density at radius 1 is 1.43 bits per heavy atom. The van der Waals surface area contributed by atoms with Gasteiger partial charge in [0.25, 0.3) is 0 Å². The van der Waals surface area contributed by atoms with Gasteiger partial charge in [-0.05, 0) is 37.2 Å². The number of nitrogens with one attached hydrogen (secondary N) is 1. The number of hydrogen-bond donors (Lipinski definition) is 1. The van der Waals surface area contributed by atoms with Crippen LogP contribution in [0.25, 0.3) is 0 Å². The Labute approximate surface area is 133 Å². The maximum atomic E-state index is 6.40. The molecule has 0 radical (unpaired) electrons. The highest BCUT2D eigenvalue weighted by atomic mass is 35.5. The standard InChI is InChI=1S/C17H27ClN2O/c1-12(2)4-5-13-6-7-14(10-13)20-15-8-9-19-16(11-21-3)17(15)18/h8-9,12-14H,4-7,10-11H2,1-3H3,(H,19,20). The van der Waals surface area contributed by atoms with Gasteiger partial charge in [-0.15, -0.1) is 0 Å². The van der Waals surface area contributed by atoms with Crippen LogP contribution in [0.15, 0.2) is 12.3 Å². The van der Waals surface area contributed by atoms with E-state index in [4.69, 9.17) is 16.3 Å². The Morgan fingerprint density at radius 2 is 2.24 bits per heavy atom. The predicted octanol–water partition coefficient (Wildman–Crippen LogP) is 4.90. The molecule has 1 heterocycles. The second-order valence-electron chi connectivity index (χ2n) is 6.54. The van der Waals surface area contributed by atoms with Crippen LogP contribution in [0.4, 0.5) is 5.69 Å². The van der Waals surface area contributed by atoms with E-state index in [1.165, 1.54) is 32.1 Å². The highest BCUT2D eigenvalue weighted by Gasteiger charge is 2.25. The van der Waals surface area contributed by atoms with Gasteiger partial charge in [0, 0.05) is 19.3 Å². The maximum Gasteiger partial charge on any atom is 0.0900 e. The van der Waals surface area contributed by atoms with Gasteiger partial charge in [0.05, 0.1) is 23.0 Å². The van der Waals surface area contributed by atoms with Gasteiger partial charge in [-0.2, -0.15) is 0 Å². The third-order valence-electron chi connectivity index (χ3n) is 4.30. The average molecular weight is 311 g/mol. The summed E-state index contributed by atoms with van der Waals surface area (Å²) in [6.07, 6.45) is 8.32. The van der Waals surface area contributed by atoms with E-state index >= 15 is 0 Å². The van der Waals surface area contributed by atoms with Crippen LogP contribution in [-0.4, -0.2) is 18.1 Å². The topological polar surface area (TPSA) is 34.1 Å². The quantitative estimate of drug-likeness (QED) is 0.778. The average Bonchev–Trinajstić information content (AvgIpc) is 2.89. The first-order chi connectivity index (χ1) is 10.1. The summed E-state index contributed by atoms with van der Waals surface area (Å²) in [5, 5.41) is 4.30. The fraction of sp³-hybridized carbons (Fsp3) is 0.706. The van der Waals surface area contributed by atoms with Gasteiger partial charge in [-0.25, -0.2) is 0 Å². The van der Waals surface area contributed by atoms with E-state index in [9.17, 15) is 0 Å². The van der Waals surface area contributed by atoms with Gasteiger partial charge in [0.1, 0.15) is 0 Å². The second-order valence-corrected chi connectivity index (χ2v) is 6.92. The Bertz CT molecular complexity index is 450. The first kappa shape index (κ1) is 16.6. The van der Waals surface area contributed by atoms with Crippen molar-refractivity contribution in [2.45, 2.75) is 58.6 Å². The van der Waals surface area contributed by atoms with E-state index in [0.717, 1.165) is 23.2 Å². The van der Waals surface area contributed by atoms with Crippen molar-refractivity contribution in [3.05, 3.63) is 23.0 Å². The number of aromatic nitrogens is 1. The Morgan fingerprint density at radius 3 is 2.95 bits per heavy atom. The minimum atomic E-state index is 0.454. The molecular weight excluding hydrogens is 284 g/mol. The molecule has 2 rings (SSSR count). The Hall–Kier alpha value is -0.800. The number of methoxy groups -OCH3 is 1. The third kappa shape index (κ3) is 4.86. The van der Waals surface area contributed by atoms with Gasteiger partial charge in [-0.3, -0.25) is 4.98 Å². The first-order valence-electron chi connectivity index (χ1n) is 7.99. The Balaban J connectivity index is 1.89. The lowest BCUT2D eigenvalue weighted by Crippen LogP contribution is -2.16. The minimum absolute atomic E-state index is 0.454. The summed E-state index contributed by atoms with van der Waals surface area (Å²) >= 11 is 6.40. The van der Waals surface area contributed by atoms with Crippen LogP contribution in [0.5, 0.6) is 0 Å². The SMILES string of the molecule is COCc1nccc(NC2CCC(CCC(C)C)C2)c1Cl. The monoisotopic (exact) mass is 310 g/mol. The smallest absolute Gasteiger partial charge is 0.0900 e. The summed E-state index contributed by atoms with van der Waals surface area (Å²) in [5.74, 6) is 1.67. The number of rotatable bonds is 7. The van der Waals surface area contributed by atoms with Crippen LogP contribution >= 0.6 is 11.6 Å². The lowest BCUT2D eigenvalue weighted by atomic mass is 9.96. The zero-order valence-electron chi connectivity index (χ0n) is 13.4. The fourth-order valence-electron chi connectivity index (χ4n) is 3.09. The molecule has 1 aromatic rings. The number of halogens is 1. The van der Waals surface area contributed by atoms with Crippen molar-refractivity contribution in [1.29, 1.82) is 0 Å². The van der Waals surface area contributed by atoms with Crippen molar-refractivity contribution in [3.8, 4) is 0 Å². The summed E-state index contributed by atoms with van der Waals surface area (Å²) in [6, 6.07) is 2.50. The predicted molar refractivity (Wildman–Crippen MR) is 88.8 cm³/mol. The van der Waals surface area contributed by atoms with Crippen LogP contribution in [0.2, 0.25) is 5.02 Å². The zero-order chi connectivity index (χ0) is 15.2. The van der Waals surface area contributed by atoms with Crippen molar-refractivity contribution < 1.29 is 4.74 Å². The number of hydrogen-bond acceptors (Lipinski definition) is 3. The van der Waals surface area contributed by atoms with Crippen molar-refractivity contribution in [2.24, 2.45) is 11.8 Å². The lowest BCUT2D eigenvalue weighted by molar-refractivity contribution is 0.181. The molecule has 2 atom stereocenters. The minimum Gasteiger partial charge on any atom is -0.381 e. The molecule has 0 saturated heterocycles. The van der Waals surface area contributed by atoms with Crippen molar-refractivity contribution >= 4 is 17.3 Å². The zero-order valence-corrected chi connectivity index (χ0v) is 14.1. The van der Waals surface area contributed by atoms with Gasteiger partial charge in [-0.1, -0.05) is 38.3 Å². The van der Waals surface area contributed by atoms with Gasteiger partial charge >= 0.3 is 0 Å². The van der Waals surface area contributed by atoms with Crippen LogP contribution < -0.4 is 5.32 Å². The van der Waals surface area contributed by atoms with Gasteiger partial charge in [0.15, 0.2) is 0 Å². The molecule has 0 aliphatic heterocycles. The third-order valence-corrected chi connectivity index (χ3v) is 4.72. The molecule has 118 valence electrons. The summed E-state index contributed by atoms with van der Waals surface area (Å²) < 4.78 is 5.13.